The van der Waals surface area contributed by atoms with E-state index in [1.807, 2.05) is 0 Å². The van der Waals surface area contributed by atoms with Gasteiger partial charge in [0, 0.05) is 21.5 Å². The molecule has 1 aromatic heterocycles. The summed E-state index contributed by atoms with van der Waals surface area (Å²) in [6.45, 7) is 3.63. The zero-order chi connectivity index (χ0) is 30.4. The monoisotopic (exact) mass is 614 g/mol. The first-order valence-electron chi connectivity index (χ1n) is 14.2. The summed E-state index contributed by atoms with van der Waals surface area (Å²) in [5.41, 5.74) is 2.52. The van der Waals surface area contributed by atoms with Crippen LogP contribution in [0.4, 0.5) is 5.69 Å². The maximum absolute atomic E-state index is 13.5. The van der Waals surface area contributed by atoms with Crippen molar-refractivity contribution in [2.75, 3.05) is 4.90 Å². The highest BCUT2D eigenvalue weighted by molar-refractivity contribution is 6.35. The van der Waals surface area contributed by atoms with Crippen LogP contribution in [0.2, 0.25) is 10.0 Å². The van der Waals surface area contributed by atoms with Gasteiger partial charge in [0.25, 0.3) is 0 Å². The average molecular weight is 616 g/mol. The van der Waals surface area contributed by atoms with Crippen molar-refractivity contribution >= 4 is 63.4 Å². The number of hydrogen-bond donors (Lipinski definition) is 0. The Hall–Kier alpha value is -4.07. The summed E-state index contributed by atoms with van der Waals surface area (Å²) in [6.07, 6.45) is 1.34. The number of nitrogens with zero attached hydrogens (tertiary/aromatic N) is 2. The number of amides is 2. The normalized spacial score (nSPS) is 20.7. The van der Waals surface area contributed by atoms with Gasteiger partial charge < -0.3 is 4.74 Å². The van der Waals surface area contributed by atoms with Crippen LogP contribution in [0.5, 0.6) is 0 Å². The predicted molar refractivity (Wildman–Crippen MR) is 165 cm³/mol. The summed E-state index contributed by atoms with van der Waals surface area (Å²) in [6, 6.07) is 20.1. The van der Waals surface area contributed by atoms with E-state index in [0.29, 0.717) is 49.4 Å². The first kappa shape index (κ1) is 29.0. The maximum atomic E-state index is 13.5. The van der Waals surface area contributed by atoms with E-state index >= 15 is 0 Å². The number of imide groups is 1. The van der Waals surface area contributed by atoms with Crippen molar-refractivity contribution in [3.63, 3.8) is 0 Å². The molecule has 2 aliphatic rings. The molecule has 4 atom stereocenters. The third-order valence-electron chi connectivity index (χ3n) is 8.38. The van der Waals surface area contributed by atoms with Gasteiger partial charge >= 0.3 is 5.97 Å². The Morgan fingerprint density at radius 3 is 2.40 bits per heavy atom. The number of anilines is 1. The molecule has 2 fully saturated rings. The molecule has 43 heavy (non-hydrogen) atoms. The number of hydrogen-bond acceptors (Lipinski definition) is 6. The Kier molecular flexibility index (Phi) is 7.79. The Balaban J connectivity index is 1.30. The number of ketones is 1. The first-order chi connectivity index (χ1) is 20.6. The first-order valence-corrected chi connectivity index (χ1v) is 15.0. The van der Waals surface area contributed by atoms with Crippen molar-refractivity contribution in [3.05, 3.63) is 94.0 Å². The number of para-hydroxylation sites is 1. The van der Waals surface area contributed by atoms with Gasteiger partial charge in [-0.05, 0) is 68.5 Å². The van der Waals surface area contributed by atoms with Crippen LogP contribution in [0.15, 0.2) is 72.8 Å². The highest BCUT2D eigenvalue weighted by Gasteiger charge is 2.49. The number of benzene rings is 3. The Labute approximate surface area is 258 Å². The number of esters is 1. The van der Waals surface area contributed by atoms with Crippen LogP contribution in [0.1, 0.15) is 53.8 Å². The summed E-state index contributed by atoms with van der Waals surface area (Å²) in [7, 11) is 0. The van der Waals surface area contributed by atoms with Gasteiger partial charge in [-0.2, -0.15) is 0 Å². The molecule has 4 aromatic rings. The van der Waals surface area contributed by atoms with E-state index in [-0.39, 0.29) is 35.0 Å². The van der Waals surface area contributed by atoms with E-state index < -0.39 is 12.1 Å². The molecule has 0 bridgehead atoms. The third-order valence-corrected chi connectivity index (χ3v) is 8.92. The molecule has 1 aliphatic carbocycles. The molecular formula is C34H28Cl2N2O5. The molecule has 0 spiro atoms. The fourth-order valence-corrected chi connectivity index (χ4v) is 6.52. The second kappa shape index (κ2) is 11.5. The summed E-state index contributed by atoms with van der Waals surface area (Å²) >= 11 is 12.5. The second-order valence-electron chi connectivity index (χ2n) is 11.3. The van der Waals surface area contributed by atoms with Crippen molar-refractivity contribution in [2.45, 2.75) is 39.2 Å². The highest BCUT2D eigenvalue weighted by Crippen LogP contribution is 2.42. The Morgan fingerprint density at radius 2 is 1.65 bits per heavy atom. The largest absolute Gasteiger partial charge is 0.451 e. The summed E-state index contributed by atoms with van der Waals surface area (Å²) in [5.74, 6) is -1.47. The summed E-state index contributed by atoms with van der Waals surface area (Å²) in [5, 5.41) is 1.23. The smallest absolute Gasteiger partial charge is 0.339 e. The number of Topliss-reactive ketones (excluding diaryl/α,β-unsaturated/α-hetero) is 1. The number of rotatable bonds is 6. The zero-order valence-electron chi connectivity index (χ0n) is 23.6. The Morgan fingerprint density at radius 1 is 0.930 bits per heavy atom. The number of carbonyl (C=O) groups is 4. The van der Waals surface area contributed by atoms with E-state index in [4.69, 9.17) is 32.9 Å². The van der Waals surface area contributed by atoms with Gasteiger partial charge in [0.2, 0.25) is 17.6 Å². The van der Waals surface area contributed by atoms with Crippen LogP contribution in [0, 0.1) is 17.8 Å². The number of pyridine rings is 1. The summed E-state index contributed by atoms with van der Waals surface area (Å²) in [4.78, 5) is 58.8. The molecule has 1 saturated carbocycles. The van der Waals surface area contributed by atoms with Gasteiger partial charge in [0.15, 0.2) is 6.10 Å². The van der Waals surface area contributed by atoms with Gasteiger partial charge in [-0.3, -0.25) is 19.3 Å². The second-order valence-corrected chi connectivity index (χ2v) is 12.1. The number of halogens is 2. The molecule has 1 saturated heterocycles. The van der Waals surface area contributed by atoms with Crippen molar-refractivity contribution in [2.24, 2.45) is 17.8 Å². The van der Waals surface area contributed by atoms with Crippen LogP contribution in [-0.2, 0) is 14.3 Å². The fourth-order valence-electron chi connectivity index (χ4n) is 6.11. The van der Waals surface area contributed by atoms with Gasteiger partial charge in [-0.15, -0.1) is 0 Å². The van der Waals surface area contributed by atoms with E-state index in [2.05, 4.69) is 6.92 Å². The molecule has 0 radical (unpaired) electrons. The minimum absolute atomic E-state index is 0.142. The maximum Gasteiger partial charge on any atom is 0.339 e. The molecule has 218 valence electrons. The lowest BCUT2D eigenvalue weighted by Gasteiger charge is -2.25. The lowest BCUT2D eigenvalue weighted by atomic mass is 9.76. The number of ether oxygens (including phenoxy) is 1. The molecule has 3 aromatic carbocycles. The van der Waals surface area contributed by atoms with Crippen molar-refractivity contribution in [1.29, 1.82) is 0 Å². The van der Waals surface area contributed by atoms with E-state index in [9.17, 15) is 19.2 Å². The number of fused-ring (bicyclic) bond motifs is 2. The molecule has 2 heterocycles. The molecule has 9 heteroatoms. The average Bonchev–Trinajstić information content (AvgIpc) is 3.24. The molecular weight excluding hydrogens is 587 g/mol. The minimum atomic E-state index is -1.07. The summed E-state index contributed by atoms with van der Waals surface area (Å²) < 4.78 is 5.61. The number of carbonyl (C=O) groups excluding carboxylic acids is 4. The van der Waals surface area contributed by atoms with Crippen LogP contribution in [0.3, 0.4) is 0 Å². The molecule has 7 nitrogen and oxygen atoms in total. The van der Waals surface area contributed by atoms with E-state index in [1.54, 1.807) is 66.7 Å². The van der Waals surface area contributed by atoms with Crippen molar-refractivity contribution < 1.29 is 23.9 Å². The van der Waals surface area contributed by atoms with Gasteiger partial charge in [0.05, 0.1) is 39.3 Å². The Bertz CT molecular complexity index is 1790. The van der Waals surface area contributed by atoms with Crippen LogP contribution < -0.4 is 4.90 Å². The van der Waals surface area contributed by atoms with Gasteiger partial charge in [0.1, 0.15) is 0 Å². The minimum Gasteiger partial charge on any atom is -0.451 e. The number of aromatic nitrogens is 1. The molecule has 1 aliphatic heterocycles. The van der Waals surface area contributed by atoms with Crippen LogP contribution >= 0.6 is 23.2 Å². The predicted octanol–water partition coefficient (Wildman–Crippen LogP) is 7.56. The highest BCUT2D eigenvalue weighted by atomic mass is 35.5. The van der Waals surface area contributed by atoms with Crippen LogP contribution in [0.25, 0.3) is 22.2 Å². The van der Waals surface area contributed by atoms with E-state index in [1.165, 1.54) is 17.9 Å². The van der Waals surface area contributed by atoms with Gasteiger partial charge in [-0.25, -0.2) is 9.78 Å². The topological polar surface area (TPSA) is 93.6 Å². The quantitative estimate of drug-likeness (QED) is 0.126. The lowest BCUT2D eigenvalue weighted by molar-refractivity contribution is -0.122. The fraction of sp³-hybridized carbons (Fsp3) is 0.265. The molecule has 2 amide bonds. The van der Waals surface area contributed by atoms with E-state index in [0.717, 1.165) is 19.3 Å². The van der Waals surface area contributed by atoms with Gasteiger partial charge in [-0.1, -0.05) is 66.5 Å². The molecule has 6 rings (SSSR count). The van der Waals surface area contributed by atoms with Crippen molar-refractivity contribution in [1.82, 2.24) is 4.98 Å². The molecule has 4 unspecified atom stereocenters. The zero-order valence-corrected chi connectivity index (χ0v) is 25.1. The molecule has 0 N–H and O–H groups in total. The van der Waals surface area contributed by atoms with Crippen molar-refractivity contribution in [3.8, 4) is 11.3 Å². The standard InChI is InChI=1S/C34H28Cl2N2O5/c1-18-9-14-25-26(15-18)33(41)38(32(25)40)23-12-10-20(11-13-23)29-17-27(24-7-4-8-28(36)30(24)37-29)34(42)43-19(2)31(39)21-5-3-6-22(35)16-21/h3-8,10-13,16-19,25-26H,9,14-15H2,1-2H3. The SMILES string of the molecule is CC1CCC2C(=O)N(c3ccc(-c4cc(C(=O)OC(C)C(=O)c5cccc(Cl)c5)c5cccc(Cl)c5n4)cc3)C(=O)C2C1. The third kappa shape index (κ3) is 5.43. The lowest BCUT2D eigenvalue weighted by Crippen LogP contribution is -2.30. The van der Waals surface area contributed by atoms with Crippen LogP contribution in [-0.4, -0.2) is 34.7 Å².